The third kappa shape index (κ3) is 5.23. The van der Waals surface area contributed by atoms with E-state index in [9.17, 15) is 0 Å². The molecule has 1 unspecified atom stereocenters. The van der Waals surface area contributed by atoms with Gasteiger partial charge in [-0.3, -0.25) is 10.1 Å². The lowest BCUT2D eigenvalue weighted by atomic mass is 9.96. The quantitative estimate of drug-likeness (QED) is 0.426. The zero-order chi connectivity index (χ0) is 18.4. The molecule has 0 saturated carbocycles. The number of benzene rings is 1. The van der Waals surface area contributed by atoms with Gasteiger partial charge < -0.3 is 10.2 Å². The molecule has 2 heterocycles. The number of piperidine rings is 1. The van der Waals surface area contributed by atoms with Crippen LogP contribution in [-0.2, 0) is 0 Å². The molecule has 0 spiro atoms. The molecule has 1 aromatic heterocycles. The third-order valence-corrected chi connectivity index (χ3v) is 6.17. The van der Waals surface area contributed by atoms with E-state index in [-0.39, 0.29) is 0 Å². The van der Waals surface area contributed by atoms with Gasteiger partial charge in [0.2, 0.25) is 0 Å². The monoisotopic (exact) mass is 436 g/mol. The maximum absolute atomic E-state index is 4.47. The second-order valence-electron chi connectivity index (χ2n) is 6.44. The summed E-state index contributed by atoms with van der Waals surface area (Å²) in [6.07, 6.45) is 3.73. The molecule has 6 nitrogen and oxygen atoms in total. The van der Waals surface area contributed by atoms with Gasteiger partial charge in [-0.05, 0) is 37.1 Å². The highest BCUT2D eigenvalue weighted by Crippen LogP contribution is 2.26. The van der Waals surface area contributed by atoms with Crippen LogP contribution < -0.4 is 5.32 Å². The number of aromatic amines is 1. The highest BCUT2D eigenvalue weighted by atomic mass is 79.9. The number of hydrogen-bond acceptors (Lipinski definition) is 4. The van der Waals surface area contributed by atoms with Crippen molar-refractivity contribution in [3.05, 3.63) is 40.9 Å². The number of guanidine groups is 1. The minimum absolute atomic E-state index is 0.458. The minimum atomic E-state index is 0.458. The predicted octanol–water partition coefficient (Wildman–Crippen LogP) is 3.50. The van der Waals surface area contributed by atoms with Crippen molar-refractivity contribution in [2.24, 2.45) is 4.99 Å². The van der Waals surface area contributed by atoms with Crippen molar-refractivity contribution in [1.82, 2.24) is 25.4 Å². The Hall–Kier alpha value is -1.54. The van der Waals surface area contributed by atoms with Gasteiger partial charge in [-0.15, -0.1) is 11.8 Å². The number of halogens is 1. The van der Waals surface area contributed by atoms with E-state index in [0.717, 1.165) is 48.7 Å². The van der Waals surface area contributed by atoms with Crippen LogP contribution in [0.1, 0.15) is 31.5 Å². The first-order valence-corrected chi connectivity index (χ1v) is 10.6. The Balaban J connectivity index is 1.45. The molecule has 0 amide bonds. The number of likely N-dealkylation sites (tertiary alicyclic amines) is 1. The highest BCUT2D eigenvalue weighted by Gasteiger charge is 2.24. The fourth-order valence-electron chi connectivity index (χ4n) is 3.13. The maximum atomic E-state index is 4.47. The molecule has 1 aliphatic rings. The fraction of sp³-hybridized carbons (Fsp3) is 0.500. The summed E-state index contributed by atoms with van der Waals surface area (Å²) in [6, 6.07) is 8.46. The van der Waals surface area contributed by atoms with E-state index in [2.05, 4.69) is 77.5 Å². The van der Waals surface area contributed by atoms with E-state index in [0.29, 0.717) is 11.2 Å². The number of H-pyrrole nitrogens is 1. The van der Waals surface area contributed by atoms with Crippen molar-refractivity contribution in [1.29, 1.82) is 0 Å². The predicted molar refractivity (Wildman–Crippen MR) is 111 cm³/mol. The largest absolute Gasteiger partial charge is 0.355 e. The molecule has 0 radical (unpaired) electrons. The Labute approximate surface area is 167 Å². The van der Waals surface area contributed by atoms with Gasteiger partial charge in [-0.2, -0.15) is 5.10 Å². The number of aromatic nitrogens is 3. The summed E-state index contributed by atoms with van der Waals surface area (Å²) >= 11 is 5.35. The lowest BCUT2D eigenvalue weighted by Gasteiger charge is -2.33. The average molecular weight is 437 g/mol. The Bertz CT molecular complexity index is 695. The number of nitrogens with one attached hydrogen (secondary N) is 2. The summed E-state index contributed by atoms with van der Waals surface area (Å²) in [7, 11) is 1.86. The summed E-state index contributed by atoms with van der Waals surface area (Å²) < 4.78 is 1.11. The van der Waals surface area contributed by atoms with E-state index < -0.39 is 0 Å². The Kier molecular flexibility index (Phi) is 6.96. The van der Waals surface area contributed by atoms with Crippen LogP contribution in [0.4, 0.5) is 0 Å². The van der Waals surface area contributed by atoms with Gasteiger partial charge in [0.25, 0.3) is 0 Å². The Morgan fingerprint density at radius 2 is 2.12 bits per heavy atom. The van der Waals surface area contributed by atoms with Crippen LogP contribution in [0.15, 0.2) is 45.0 Å². The van der Waals surface area contributed by atoms with E-state index in [1.165, 1.54) is 4.90 Å². The zero-order valence-corrected chi connectivity index (χ0v) is 17.6. The van der Waals surface area contributed by atoms with Gasteiger partial charge in [-0.1, -0.05) is 22.9 Å². The lowest BCUT2D eigenvalue weighted by Crippen LogP contribution is -2.46. The van der Waals surface area contributed by atoms with Crippen LogP contribution in [0, 0.1) is 0 Å². The number of rotatable bonds is 5. The van der Waals surface area contributed by atoms with Crippen LogP contribution in [0.25, 0.3) is 0 Å². The summed E-state index contributed by atoms with van der Waals surface area (Å²) in [6.45, 7) is 5.09. The van der Waals surface area contributed by atoms with Crippen LogP contribution in [0.5, 0.6) is 0 Å². The second-order valence-corrected chi connectivity index (χ2v) is 8.87. The third-order valence-electron chi connectivity index (χ3n) is 4.53. The summed E-state index contributed by atoms with van der Waals surface area (Å²) in [5.74, 6) is 2.47. The smallest absolute Gasteiger partial charge is 0.193 e. The van der Waals surface area contributed by atoms with Gasteiger partial charge >= 0.3 is 0 Å². The lowest BCUT2D eigenvalue weighted by molar-refractivity contribution is 0.299. The Morgan fingerprint density at radius 3 is 2.73 bits per heavy atom. The summed E-state index contributed by atoms with van der Waals surface area (Å²) in [5, 5.41) is 11.0. The topological polar surface area (TPSA) is 69.2 Å². The molecule has 140 valence electrons. The van der Waals surface area contributed by atoms with E-state index in [1.54, 1.807) is 6.33 Å². The average Bonchev–Trinajstić information content (AvgIpc) is 3.19. The van der Waals surface area contributed by atoms with Crippen LogP contribution in [-0.4, -0.2) is 58.0 Å². The van der Waals surface area contributed by atoms with Gasteiger partial charge in [0.15, 0.2) is 5.96 Å². The number of hydrogen-bond donors (Lipinski definition) is 2. The van der Waals surface area contributed by atoms with Gasteiger partial charge in [0, 0.05) is 47.2 Å². The fourth-order valence-corrected chi connectivity index (χ4v) is 4.32. The maximum Gasteiger partial charge on any atom is 0.193 e. The van der Waals surface area contributed by atoms with Crippen molar-refractivity contribution in [3.8, 4) is 0 Å². The Morgan fingerprint density at radius 1 is 1.38 bits per heavy atom. The molecule has 3 rings (SSSR count). The molecule has 1 aliphatic heterocycles. The number of thioether (sulfide) groups is 1. The highest BCUT2D eigenvalue weighted by molar-refractivity contribution is 9.10. The summed E-state index contributed by atoms with van der Waals surface area (Å²) in [5.41, 5.74) is 0. The van der Waals surface area contributed by atoms with Crippen molar-refractivity contribution in [2.75, 3.05) is 26.7 Å². The van der Waals surface area contributed by atoms with Gasteiger partial charge in [-0.25, -0.2) is 4.98 Å². The van der Waals surface area contributed by atoms with Crippen molar-refractivity contribution < 1.29 is 0 Å². The van der Waals surface area contributed by atoms with E-state index >= 15 is 0 Å². The molecule has 1 saturated heterocycles. The zero-order valence-electron chi connectivity index (χ0n) is 15.2. The van der Waals surface area contributed by atoms with Crippen LogP contribution in [0.3, 0.4) is 0 Å². The van der Waals surface area contributed by atoms with E-state index in [4.69, 9.17) is 0 Å². The van der Waals surface area contributed by atoms with Crippen LogP contribution in [0.2, 0.25) is 0 Å². The first-order valence-electron chi connectivity index (χ1n) is 8.88. The second kappa shape index (κ2) is 9.41. The molecule has 2 N–H and O–H groups in total. The molecule has 2 aromatic rings. The first-order chi connectivity index (χ1) is 12.7. The summed E-state index contributed by atoms with van der Waals surface area (Å²) in [4.78, 5) is 12.4. The normalized spacial score (nSPS) is 17.3. The first kappa shape index (κ1) is 19.2. The van der Waals surface area contributed by atoms with Gasteiger partial charge in [0.1, 0.15) is 12.2 Å². The molecular formula is C18H25BrN6S. The van der Waals surface area contributed by atoms with Gasteiger partial charge in [0.05, 0.1) is 0 Å². The standard InChI is InChI=1S/C18H25BrN6S/c1-13(26-16-5-3-15(19)4-6-16)11-21-18(20-2)25-9-7-14(8-10-25)17-22-12-23-24-17/h3-6,12-14H,7-11H2,1-2H3,(H,20,21)(H,22,23,24). The van der Waals surface area contributed by atoms with E-state index in [1.807, 2.05) is 18.8 Å². The van der Waals surface area contributed by atoms with Crippen molar-refractivity contribution >= 4 is 33.7 Å². The van der Waals surface area contributed by atoms with Crippen LogP contribution >= 0.6 is 27.7 Å². The van der Waals surface area contributed by atoms with Crippen molar-refractivity contribution in [2.45, 2.75) is 35.8 Å². The molecule has 26 heavy (non-hydrogen) atoms. The molecular weight excluding hydrogens is 412 g/mol. The molecule has 8 heteroatoms. The SMILES string of the molecule is CN=C(NCC(C)Sc1ccc(Br)cc1)N1CCC(c2ncn[nH]2)CC1. The number of nitrogens with zero attached hydrogens (tertiary/aromatic N) is 4. The molecule has 1 fully saturated rings. The molecule has 1 atom stereocenters. The van der Waals surface area contributed by atoms with Crippen molar-refractivity contribution in [3.63, 3.8) is 0 Å². The minimum Gasteiger partial charge on any atom is -0.355 e. The number of aliphatic imine (C=N–C) groups is 1. The molecule has 0 bridgehead atoms. The molecule has 1 aromatic carbocycles. The molecule has 0 aliphatic carbocycles.